The summed E-state index contributed by atoms with van der Waals surface area (Å²) in [7, 11) is 0. The first-order valence-electron chi connectivity index (χ1n) is 6.70. The van der Waals surface area contributed by atoms with Crippen molar-refractivity contribution in [3.63, 3.8) is 0 Å². The molecule has 0 radical (unpaired) electrons. The molecule has 1 aromatic carbocycles. The predicted molar refractivity (Wildman–Crippen MR) is 108 cm³/mol. The molecule has 0 fully saturated rings. The zero-order valence-electron chi connectivity index (χ0n) is 12.4. The molecule has 0 aliphatic rings. The van der Waals surface area contributed by atoms with Crippen LogP contribution in [0.1, 0.15) is 5.56 Å². The van der Waals surface area contributed by atoms with Gasteiger partial charge in [-0.15, -0.1) is 0 Å². The van der Waals surface area contributed by atoms with Crippen LogP contribution in [0.2, 0.25) is 5.02 Å². The van der Waals surface area contributed by atoms with Crippen molar-refractivity contribution in [2.24, 2.45) is 0 Å². The van der Waals surface area contributed by atoms with Crippen molar-refractivity contribution < 1.29 is 9.72 Å². The smallest absolute Gasteiger partial charge is 0.288 e. The number of hydrogen-bond donors (Lipinski definition) is 2. The molecule has 0 unspecified atom stereocenters. The maximum Gasteiger partial charge on any atom is 0.288 e. The van der Waals surface area contributed by atoms with Crippen LogP contribution >= 0.6 is 46.4 Å². The summed E-state index contributed by atoms with van der Waals surface area (Å²) >= 11 is 12.9. The molecule has 25 heavy (non-hydrogen) atoms. The Morgan fingerprint density at radius 1 is 1.36 bits per heavy atom. The van der Waals surface area contributed by atoms with Crippen molar-refractivity contribution in [1.29, 1.82) is 0 Å². The first-order valence-corrected chi connectivity index (χ1v) is 8.57. The van der Waals surface area contributed by atoms with Gasteiger partial charge in [-0.25, -0.2) is 4.98 Å². The Morgan fingerprint density at radius 2 is 2.12 bits per heavy atom. The van der Waals surface area contributed by atoms with Crippen molar-refractivity contribution in [1.82, 2.24) is 10.3 Å². The number of halogens is 2. The molecular weight excluding hydrogens is 479 g/mol. The molecule has 128 valence electrons. The molecule has 0 bridgehead atoms. The number of thiocarbonyl (C=S) groups is 1. The van der Waals surface area contributed by atoms with E-state index in [1.54, 1.807) is 18.3 Å². The molecule has 0 saturated heterocycles. The Kier molecular flexibility index (Phi) is 6.79. The first-order chi connectivity index (χ1) is 11.8. The normalized spacial score (nSPS) is 10.5. The van der Waals surface area contributed by atoms with Gasteiger partial charge in [-0.05, 0) is 64.6 Å². The molecule has 0 spiro atoms. The number of pyridine rings is 1. The minimum absolute atomic E-state index is 0.0296. The van der Waals surface area contributed by atoms with Gasteiger partial charge >= 0.3 is 0 Å². The van der Waals surface area contributed by atoms with E-state index in [2.05, 4.69) is 38.2 Å². The summed E-state index contributed by atoms with van der Waals surface area (Å²) in [5, 5.41) is 16.2. The average molecular weight is 489 g/mol. The monoisotopic (exact) mass is 488 g/mol. The highest BCUT2D eigenvalue weighted by Crippen LogP contribution is 2.25. The lowest BCUT2D eigenvalue weighted by Gasteiger charge is -2.07. The second-order valence-corrected chi connectivity index (χ2v) is 6.67. The minimum atomic E-state index is -0.590. The van der Waals surface area contributed by atoms with Gasteiger partial charge in [0.1, 0.15) is 10.8 Å². The zero-order valence-corrected chi connectivity index (χ0v) is 16.1. The number of anilines is 1. The van der Waals surface area contributed by atoms with Gasteiger partial charge in [0.2, 0.25) is 5.91 Å². The maximum absolute atomic E-state index is 11.8. The van der Waals surface area contributed by atoms with E-state index in [0.717, 1.165) is 3.57 Å². The summed E-state index contributed by atoms with van der Waals surface area (Å²) in [6, 6.07) is 7.80. The molecule has 2 rings (SSSR count). The Morgan fingerprint density at radius 3 is 2.76 bits per heavy atom. The zero-order chi connectivity index (χ0) is 18.4. The number of nitro groups is 1. The number of aromatic nitrogens is 1. The Balaban J connectivity index is 1.96. The van der Waals surface area contributed by atoms with Gasteiger partial charge in [0, 0.05) is 21.9 Å². The van der Waals surface area contributed by atoms with Crippen LogP contribution in [0.25, 0.3) is 6.08 Å². The Labute approximate surface area is 166 Å². The van der Waals surface area contributed by atoms with Crippen LogP contribution < -0.4 is 10.6 Å². The summed E-state index contributed by atoms with van der Waals surface area (Å²) in [5.74, 6) is 0.0173. The second kappa shape index (κ2) is 8.83. The highest BCUT2D eigenvalue weighted by Gasteiger charge is 2.11. The Hall–Kier alpha value is -2.11. The molecular formula is C15H10ClIN4O3S. The van der Waals surface area contributed by atoms with Crippen LogP contribution in [0, 0.1) is 13.7 Å². The maximum atomic E-state index is 11.8. The van der Waals surface area contributed by atoms with E-state index in [9.17, 15) is 14.9 Å². The Bertz CT molecular complexity index is 858. The molecule has 2 aromatic rings. The van der Waals surface area contributed by atoms with Crippen LogP contribution in [-0.2, 0) is 4.79 Å². The van der Waals surface area contributed by atoms with E-state index in [-0.39, 0.29) is 15.8 Å². The number of hydrogen-bond acceptors (Lipinski definition) is 5. The fraction of sp³-hybridized carbons (Fsp3) is 0. The second-order valence-electron chi connectivity index (χ2n) is 4.61. The number of amides is 1. The SMILES string of the molecule is O=C(C=Cc1ccc(Cl)c([N+](=O)[O-])c1)NC(=S)Nc1ccc(I)cn1. The van der Waals surface area contributed by atoms with E-state index in [1.807, 2.05) is 6.07 Å². The fourth-order valence-corrected chi connectivity index (χ4v) is 2.41. The largest absolute Gasteiger partial charge is 0.317 e. The molecule has 0 aliphatic heterocycles. The third-order valence-electron chi connectivity index (χ3n) is 2.80. The number of benzene rings is 1. The number of nitrogens with zero attached hydrogens (tertiary/aromatic N) is 2. The lowest BCUT2D eigenvalue weighted by atomic mass is 10.2. The van der Waals surface area contributed by atoms with E-state index in [0.29, 0.717) is 11.4 Å². The molecule has 7 nitrogen and oxygen atoms in total. The van der Waals surface area contributed by atoms with E-state index in [1.165, 1.54) is 24.3 Å². The van der Waals surface area contributed by atoms with Crippen molar-refractivity contribution in [3.05, 3.63) is 66.9 Å². The molecule has 1 amide bonds. The highest BCUT2D eigenvalue weighted by atomic mass is 127. The minimum Gasteiger partial charge on any atom is -0.317 e. The fourth-order valence-electron chi connectivity index (χ4n) is 1.70. The van der Waals surface area contributed by atoms with Gasteiger partial charge in [0.25, 0.3) is 5.69 Å². The van der Waals surface area contributed by atoms with E-state index in [4.69, 9.17) is 23.8 Å². The molecule has 1 heterocycles. The number of rotatable bonds is 4. The quantitative estimate of drug-likeness (QED) is 0.224. The van der Waals surface area contributed by atoms with Crippen LogP contribution in [0.5, 0.6) is 0 Å². The summed E-state index contributed by atoms with van der Waals surface area (Å²) in [6.07, 6.45) is 4.29. The van der Waals surface area contributed by atoms with Crippen LogP contribution in [0.15, 0.2) is 42.6 Å². The van der Waals surface area contributed by atoms with E-state index < -0.39 is 10.8 Å². The molecule has 0 atom stereocenters. The van der Waals surface area contributed by atoms with Gasteiger partial charge in [-0.2, -0.15) is 0 Å². The van der Waals surface area contributed by atoms with Crippen molar-refractivity contribution >= 4 is 75.0 Å². The lowest BCUT2D eigenvalue weighted by molar-refractivity contribution is -0.384. The molecule has 1 aromatic heterocycles. The molecule has 10 heteroatoms. The number of nitrogens with one attached hydrogen (secondary N) is 2. The van der Waals surface area contributed by atoms with Crippen LogP contribution in [0.3, 0.4) is 0 Å². The molecule has 0 aliphatic carbocycles. The van der Waals surface area contributed by atoms with Gasteiger partial charge in [-0.1, -0.05) is 17.7 Å². The van der Waals surface area contributed by atoms with Crippen LogP contribution in [0.4, 0.5) is 11.5 Å². The van der Waals surface area contributed by atoms with Gasteiger partial charge < -0.3 is 5.32 Å². The topological polar surface area (TPSA) is 97.2 Å². The summed E-state index contributed by atoms with van der Waals surface area (Å²) < 4.78 is 0.970. The highest BCUT2D eigenvalue weighted by molar-refractivity contribution is 14.1. The van der Waals surface area contributed by atoms with Crippen molar-refractivity contribution in [2.45, 2.75) is 0 Å². The molecule has 2 N–H and O–H groups in total. The lowest BCUT2D eigenvalue weighted by Crippen LogP contribution is -2.33. The third kappa shape index (κ3) is 6.03. The van der Waals surface area contributed by atoms with Crippen molar-refractivity contribution in [3.8, 4) is 0 Å². The van der Waals surface area contributed by atoms with Gasteiger partial charge in [-0.3, -0.25) is 20.2 Å². The molecule has 0 saturated carbocycles. The summed E-state index contributed by atoms with van der Waals surface area (Å²) in [6.45, 7) is 0. The third-order valence-corrected chi connectivity index (χ3v) is 3.96. The standard InChI is InChI=1S/C15H10ClIN4O3S/c16-11-4-1-9(7-12(11)21(23)24)2-6-14(22)20-15(25)19-13-5-3-10(17)8-18-13/h1-8H,(H2,18,19,20,22,25). The number of nitro benzene ring substituents is 1. The van der Waals surface area contributed by atoms with Crippen LogP contribution in [-0.4, -0.2) is 20.9 Å². The number of carbonyl (C=O) groups is 1. The van der Waals surface area contributed by atoms with Crippen molar-refractivity contribution in [2.75, 3.05) is 5.32 Å². The predicted octanol–water partition coefficient (Wildman–Crippen LogP) is 3.77. The van der Waals surface area contributed by atoms with Gasteiger partial charge in [0.15, 0.2) is 5.11 Å². The summed E-state index contributed by atoms with van der Waals surface area (Å²) in [5.41, 5.74) is 0.232. The average Bonchev–Trinajstić information content (AvgIpc) is 2.56. The summed E-state index contributed by atoms with van der Waals surface area (Å²) in [4.78, 5) is 26.2. The van der Waals surface area contributed by atoms with E-state index >= 15 is 0 Å². The van der Waals surface area contributed by atoms with Gasteiger partial charge in [0.05, 0.1) is 4.92 Å². The number of carbonyl (C=O) groups excluding carboxylic acids is 1. The first kappa shape index (κ1) is 19.2.